The average Bonchev–Trinajstić information content (AvgIpc) is 3.06. The first kappa shape index (κ1) is 14.6. The topological polar surface area (TPSA) is 71.3 Å². The summed E-state index contributed by atoms with van der Waals surface area (Å²) in [5.41, 5.74) is 0.500. The third-order valence-electron chi connectivity index (χ3n) is 5.33. The Balaban J connectivity index is 1.42. The van der Waals surface area contributed by atoms with Gasteiger partial charge < -0.3 is 14.7 Å². The van der Waals surface area contributed by atoms with Crippen LogP contribution in [0.3, 0.4) is 0 Å². The highest BCUT2D eigenvalue weighted by molar-refractivity contribution is 6.02. The predicted molar refractivity (Wildman–Crippen MR) is 86.0 cm³/mol. The van der Waals surface area contributed by atoms with E-state index in [1.807, 2.05) is 11.0 Å². The number of hydrogen-bond acceptors (Lipinski definition) is 5. The summed E-state index contributed by atoms with van der Waals surface area (Å²) < 4.78 is 5.26. The maximum Gasteiger partial charge on any atom is 0.293 e. The summed E-state index contributed by atoms with van der Waals surface area (Å²) in [6.07, 6.45) is 6.40. The molecule has 2 aliphatic heterocycles. The molecule has 0 atom stereocenters. The number of nitrogens with zero attached hydrogens (tertiary/aromatic N) is 3. The molecule has 0 bridgehead atoms. The molecule has 0 unspecified atom stereocenters. The normalized spacial score (nSPS) is 21.0. The molecule has 6 nitrogen and oxygen atoms in total. The number of amides is 1. The largest absolute Gasteiger partial charge is 0.348 e. The van der Waals surface area contributed by atoms with Crippen LogP contribution >= 0.6 is 0 Å². The Morgan fingerprint density at radius 3 is 2.70 bits per heavy atom. The summed E-state index contributed by atoms with van der Waals surface area (Å²) in [4.78, 5) is 18.7. The zero-order valence-electron chi connectivity index (χ0n) is 13.2. The maximum atomic E-state index is 12.7. The molecule has 4 heterocycles. The van der Waals surface area contributed by atoms with Gasteiger partial charge in [-0.25, -0.2) is 4.98 Å². The molecule has 6 heteroatoms. The Labute approximate surface area is 135 Å². The van der Waals surface area contributed by atoms with Crippen molar-refractivity contribution >= 4 is 16.9 Å². The minimum Gasteiger partial charge on any atom is -0.348 e. The van der Waals surface area contributed by atoms with E-state index in [1.54, 1.807) is 12.3 Å². The average molecular weight is 314 g/mol. The molecule has 2 saturated heterocycles. The fraction of sp³-hybridized carbons (Fsp3) is 0.588. The lowest BCUT2D eigenvalue weighted by Crippen LogP contribution is -2.41. The number of aromatic nitrogens is 2. The standard InChI is InChI=1S/C17H22N4O2/c22-17(15-14-2-1-7-19-16(14)20-23-15)21-10-5-13(6-11-21)12-3-8-18-9-4-12/h1-2,7,12-13,18H,3-6,8-11H2. The second-order valence-electron chi connectivity index (χ2n) is 6.60. The summed E-state index contributed by atoms with van der Waals surface area (Å²) >= 11 is 0. The smallest absolute Gasteiger partial charge is 0.293 e. The van der Waals surface area contributed by atoms with Crippen molar-refractivity contribution in [3.05, 3.63) is 24.1 Å². The van der Waals surface area contributed by atoms with E-state index < -0.39 is 0 Å². The molecular formula is C17H22N4O2. The summed E-state index contributed by atoms with van der Waals surface area (Å²) in [6, 6.07) is 3.65. The van der Waals surface area contributed by atoms with E-state index in [-0.39, 0.29) is 5.91 Å². The molecule has 0 aromatic carbocycles. The van der Waals surface area contributed by atoms with Gasteiger partial charge in [-0.05, 0) is 62.7 Å². The van der Waals surface area contributed by atoms with Crippen molar-refractivity contribution in [2.24, 2.45) is 11.8 Å². The molecule has 2 aliphatic rings. The predicted octanol–water partition coefficient (Wildman–Crippen LogP) is 2.07. The molecule has 0 aliphatic carbocycles. The molecule has 0 saturated carbocycles. The summed E-state index contributed by atoms with van der Waals surface area (Å²) in [6.45, 7) is 3.91. The van der Waals surface area contributed by atoms with E-state index in [0.29, 0.717) is 16.8 Å². The van der Waals surface area contributed by atoms with Crippen LogP contribution in [0.5, 0.6) is 0 Å². The van der Waals surface area contributed by atoms with Crippen molar-refractivity contribution in [3.8, 4) is 0 Å². The first-order valence-electron chi connectivity index (χ1n) is 8.53. The molecule has 1 N–H and O–H groups in total. The first-order chi connectivity index (χ1) is 11.3. The van der Waals surface area contributed by atoms with Crippen LogP contribution < -0.4 is 5.32 Å². The highest BCUT2D eigenvalue weighted by atomic mass is 16.5. The summed E-state index contributed by atoms with van der Waals surface area (Å²) in [5.74, 6) is 1.86. The molecule has 2 aromatic heterocycles. The highest BCUT2D eigenvalue weighted by Crippen LogP contribution is 2.31. The van der Waals surface area contributed by atoms with Gasteiger partial charge in [0.25, 0.3) is 5.91 Å². The SMILES string of the molecule is O=C(c1onc2ncccc12)N1CCC(C2CCNCC2)CC1. The van der Waals surface area contributed by atoms with Crippen LogP contribution in [0.4, 0.5) is 0 Å². The molecule has 0 spiro atoms. The van der Waals surface area contributed by atoms with Crippen LogP contribution in [0.15, 0.2) is 22.9 Å². The Kier molecular flexibility index (Phi) is 3.99. The number of piperidine rings is 2. The van der Waals surface area contributed by atoms with E-state index in [0.717, 1.165) is 50.9 Å². The Morgan fingerprint density at radius 2 is 1.91 bits per heavy atom. The van der Waals surface area contributed by atoms with Crippen molar-refractivity contribution in [2.75, 3.05) is 26.2 Å². The van der Waals surface area contributed by atoms with Gasteiger partial charge >= 0.3 is 0 Å². The van der Waals surface area contributed by atoms with E-state index in [9.17, 15) is 4.79 Å². The number of carbonyl (C=O) groups excluding carboxylic acids is 1. The van der Waals surface area contributed by atoms with E-state index in [4.69, 9.17) is 4.52 Å². The van der Waals surface area contributed by atoms with Gasteiger partial charge in [0.2, 0.25) is 11.4 Å². The van der Waals surface area contributed by atoms with E-state index in [1.165, 1.54) is 12.8 Å². The van der Waals surface area contributed by atoms with E-state index >= 15 is 0 Å². The molecule has 1 amide bonds. The lowest BCUT2D eigenvalue weighted by Gasteiger charge is -2.37. The maximum absolute atomic E-state index is 12.7. The summed E-state index contributed by atoms with van der Waals surface area (Å²) in [7, 11) is 0. The fourth-order valence-corrected chi connectivity index (χ4v) is 3.97. The molecule has 2 aromatic rings. The number of fused-ring (bicyclic) bond motifs is 1. The van der Waals surface area contributed by atoms with Crippen LogP contribution in [0.25, 0.3) is 11.0 Å². The lowest BCUT2D eigenvalue weighted by atomic mass is 9.79. The fourth-order valence-electron chi connectivity index (χ4n) is 3.97. The van der Waals surface area contributed by atoms with Gasteiger partial charge in [-0.2, -0.15) is 0 Å². The molecule has 23 heavy (non-hydrogen) atoms. The molecule has 0 radical (unpaired) electrons. The van der Waals surface area contributed by atoms with Crippen molar-refractivity contribution in [2.45, 2.75) is 25.7 Å². The Bertz CT molecular complexity index is 685. The van der Waals surface area contributed by atoms with Gasteiger partial charge in [0.1, 0.15) is 0 Å². The van der Waals surface area contributed by atoms with Gasteiger partial charge in [-0.3, -0.25) is 4.79 Å². The van der Waals surface area contributed by atoms with Crippen LogP contribution in [0, 0.1) is 11.8 Å². The van der Waals surface area contributed by atoms with Gasteiger partial charge in [0, 0.05) is 19.3 Å². The molecular weight excluding hydrogens is 292 g/mol. The minimum absolute atomic E-state index is 0.0516. The zero-order chi connectivity index (χ0) is 15.6. The lowest BCUT2D eigenvalue weighted by molar-refractivity contribution is 0.0605. The third kappa shape index (κ3) is 2.83. The number of rotatable bonds is 2. The van der Waals surface area contributed by atoms with Gasteiger partial charge in [-0.15, -0.1) is 0 Å². The van der Waals surface area contributed by atoms with Crippen molar-refractivity contribution in [3.63, 3.8) is 0 Å². The molecule has 2 fully saturated rings. The first-order valence-corrected chi connectivity index (χ1v) is 8.53. The Morgan fingerprint density at radius 1 is 1.17 bits per heavy atom. The summed E-state index contributed by atoms with van der Waals surface area (Å²) in [5, 5.41) is 8.02. The van der Waals surface area contributed by atoms with Gasteiger partial charge in [0.05, 0.1) is 5.39 Å². The van der Waals surface area contributed by atoms with Crippen molar-refractivity contribution in [1.29, 1.82) is 0 Å². The molecule has 122 valence electrons. The monoisotopic (exact) mass is 314 g/mol. The van der Waals surface area contributed by atoms with E-state index in [2.05, 4.69) is 15.5 Å². The van der Waals surface area contributed by atoms with Crippen LogP contribution in [0.1, 0.15) is 36.2 Å². The quantitative estimate of drug-likeness (QED) is 0.919. The second kappa shape index (κ2) is 6.28. The van der Waals surface area contributed by atoms with Crippen LogP contribution in [0.2, 0.25) is 0 Å². The molecule has 4 rings (SSSR count). The van der Waals surface area contributed by atoms with Gasteiger partial charge in [-0.1, -0.05) is 5.16 Å². The highest BCUT2D eigenvalue weighted by Gasteiger charge is 2.31. The second-order valence-corrected chi connectivity index (χ2v) is 6.60. The third-order valence-corrected chi connectivity index (χ3v) is 5.33. The number of likely N-dealkylation sites (tertiary alicyclic amines) is 1. The number of carbonyl (C=O) groups is 1. The van der Waals surface area contributed by atoms with Crippen LogP contribution in [-0.4, -0.2) is 47.1 Å². The minimum atomic E-state index is -0.0516. The van der Waals surface area contributed by atoms with Crippen molar-refractivity contribution < 1.29 is 9.32 Å². The Hall–Kier alpha value is -1.95. The van der Waals surface area contributed by atoms with Gasteiger partial charge in [0.15, 0.2) is 0 Å². The van der Waals surface area contributed by atoms with Crippen molar-refractivity contribution in [1.82, 2.24) is 20.4 Å². The number of pyridine rings is 1. The zero-order valence-corrected chi connectivity index (χ0v) is 13.2. The number of hydrogen-bond donors (Lipinski definition) is 1. The number of nitrogens with one attached hydrogen (secondary N) is 1. The van der Waals surface area contributed by atoms with Crippen LogP contribution in [-0.2, 0) is 0 Å².